The highest BCUT2D eigenvalue weighted by atomic mass is 16.5. The van der Waals surface area contributed by atoms with Crippen LogP contribution in [0.25, 0.3) is 0 Å². The molecule has 6 nitrogen and oxygen atoms in total. The highest BCUT2D eigenvalue weighted by Crippen LogP contribution is 2.36. The molecule has 1 N–H and O–H groups in total. The third-order valence-corrected chi connectivity index (χ3v) is 5.23. The minimum Gasteiger partial charge on any atom is -0.475 e. The van der Waals surface area contributed by atoms with Crippen molar-refractivity contribution in [3.8, 4) is 5.88 Å². The lowest BCUT2D eigenvalue weighted by atomic mass is 9.73. The Bertz CT molecular complexity index is 799. The molecule has 0 spiro atoms. The van der Waals surface area contributed by atoms with Gasteiger partial charge in [-0.05, 0) is 38.3 Å². The fourth-order valence-corrected chi connectivity index (χ4v) is 3.46. The molecule has 1 amide bonds. The first-order chi connectivity index (χ1) is 13.5. The Kier molecular flexibility index (Phi) is 6.65. The van der Waals surface area contributed by atoms with Crippen molar-refractivity contribution < 1.29 is 19.0 Å². The fourth-order valence-electron chi connectivity index (χ4n) is 3.46. The van der Waals surface area contributed by atoms with E-state index in [1.807, 2.05) is 19.9 Å². The molecule has 0 atom stereocenters. The maximum Gasteiger partial charge on any atom is 0.235 e. The van der Waals surface area contributed by atoms with Crippen LogP contribution in [0.2, 0.25) is 0 Å². The summed E-state index contributed by atoms with van der Waals surface area (Å²) in [5.74, 6) is 0.504. The SMILES string of the molecule is COCCOc1ccc(NC(=O)C2(c3ccc(C)cc3)CCOCC2)c(C)n1. The zero-order chi connectivity index (χ0) is 20.0. The molecule has 28 heavy (non-hydrogen) atoms. The van der Waals surface area contributed by atoms with E-state index in [1.54, 1.807) is 13.2 Å². The van der Waals surface area contributed by atoms with Crippen LogP contribution in [0.3, 0.4) is 0 Å². The smallest absolute Gasteiger partial charge is 0.235 e. The molecule has 1 aliphatic heterocycles. The van der Waals surface area contributed by atoms with Crippen LogP contribution >= 0.6 is 0 Å². The van der Waals surface area contributed by atoms with Crippen molar-refractivity contribution in [2.24, 2.45) is 0 Å². The summed E-state index contributed by atoms with van der Waals surface area (Å²) in [5, 5.41) is 3.09. The van der Waals surface area contributed by atoms with Crippen LogP contribution in [-0.4, -0.2) is 44.4 Å². The molecule has 1 aromatic heterocycles. The average Bonchev–Trinajstić information content (AvgIpc) is 2.71. The molecule has 0 saturated carbocycles. The molecule has 1 aromatic carbocycles. The third kappa shape index (κ3) is 4.51. The summed E-state index contributed by atoms with van der Waals surface area (Å²) >= 11 is 0. The second kappa shape index (κ2) is 9.17. The van der Waals surface area contributed by atoms with Crippen molar-refractivity contribution in [2.45, 2.75) is 32.1 Å². The van der Waals surface area contributed by atoms with Gasteiger partial charge in [-0.1, -0.05) is 29.8 Å². The minimum absolute atomic E-state index is 0.0161. The Morgan fingerprint density at radius 2 is 1.82 bits per heavy atom. The van der Waals surface area contributed by atoms with E-state index in [2.05, 4.69) is 34.6 Å². The molecular weight excluding hydrogens is 356 g/mol. The summed E-state index contributed by atoms with van der Waals surface area (Å²) in [5.41, 5.74) is 3.03. The van der Waals surface area contributed by atoms with Gasteiger partial charge in [0.2, 0.25) is 11.8 Å². The summed E-state index contributed by atoms with van der Waals surface area (Å²) < 4.78 is 16.1. The number of carbonyl (C=O) groups excluding carboxylic acids is 1. The maximum atomic E-state index is 13.4. The number of amides is 1. The number of hydrogen-bond acceptors (Lipinski definition) is 5. The van der Waals surface area contributed by atoms with E-state index >= 15 is 0 Å². The van der Waals surface area contributed by atoms with E-state index in [0.29, 0.717) is 50.8 Å². The van der Waals surface area contributed by atoms with Crippen LogP contribution in [0.5, 0.6) is 5.88 Å². The number of aryl methyl sites for hydroxylation is 2. The zero-order valence-corrected chi connectivity index (χ0v) is 16.8. The van der Waals surface area contributed by atoms with Gasteiger partial charge in [-0.25, -0.2) is 4.98 Å². The van der Waals surface area contributed by atoms with Crippen LogP contribution in [0.4, 0.5) is 5.69 Å². The number of carbonyl (C=O) groups is 1. The Morgan fingerprint density at radius 1 is 1.11 bits per heavy atom. The predicted octanol–water partition coefficient (Wildman–Crippen LogP) is 3.41. The lowest BCUT2D eigenvalue weighted by Crippen LogP contribution is -2.45. The molecule has 6 heteroatoms. The van der Waals surface area contributed by atoms with Gasteiger partial charge in [-0.3, -0.25) is 4.79 Å². The fraction of sp³-hybridized carbons (Fsp3) is 0.455. The van der Waals surface area contributed by atoms with Crippen LogP contribution in [0.1, 0.15) is 29.7 Å². The largest absolute Gasteiger partial charge is 0.475 e. The molecule has 1 fully saturated rings. The number of pyridine rings is 1. The van der Waals surface area contributed by atoms with Crippen molar-refractivity contribution in [3.05, 3.63) is 53.2 Å². The number of benzene rings is 1. The lowest BCUT2D eigenvalue weighted by Gasteiger charge is -2.36. The van der Waals surface area contributed by atoms with Crippen LogP contribution in [-0.2, 0) is 19.7 Å². The second-order valence-corrected chi connectivity index (χ2v) is 7.14. The van der Waals surface area contributed by atoms with Gasteiger partial charge in [0.25, 0.3) is 0 Å². The molecule has 2 heterocycles. The number of nitrogens with one attached hydrogen (secondary N) is 1. The van der Waals surface area contributed by atoms with Crippen molar-refractivity contribution in [2.75, 3.05) is 38.9 Å². The lowest BCUT2D eigenvalue weighted by molar-refractivity contribution is -0.125. The molecule has 0 aliphatic carbocycles. The van der Waals surface area contributed by atoms with Crippen LogP contribution < -0.4 is 10.1 Å². The van der Waals surface area contributed by atoms with Crippen LogP contribution in [0.15, 0.2) is 36.4 Å². The normalized spacial score (nSPS) is 15.8. The number of rotatable bonds is 7. The Hall–Kier alpha value is -2.44. The molecule has 0 bridgehead atoms. The predicted molar refractivity (Wildman–Crippen MR) is 108 cm³/mol. The summed E-state index contributed by atoms with van der Waals surface area (Å²) in [6.07, 6.45) is 1.32. The van der Waals surface area contributed by atoms with E-state index < -0.39 is 5.41 Å². The van der Waals surface area contributed by atoms with Crippen molar-refractivity contribution >= 4 is 11.6 Å². The Labute approximate surface area is 166 Å². The molecule has 2 aromatic rings. The highest BCUT2D eigenvalue weighted by molar-refractivity contribution is 5.99. The molecule has 0 radical (unpaired) electrons. The number of aromatic nitrogens is 1. The van der Waals surface area contributed by atoms with Crippen molar-refractivity contribution in [3.63, 3.8) is 0 Å². The van der Waals surface area contributed by atoms with Gasteiger partial charge in [0, 0.05) is 26.4 Å². The number of anilines is 1. The average molecular weight is 384 g/mol. The van der Waals surface area contributed by atoms with Gasteiger partial charge in [-0.2, -0.15) is 0 Å². The molecule has 1 aliphatic rings. The van der Waals surface area contributed by atoms with E-state index in [4.69, 9.17) is 14.2 Å². The number of hydrogen-bond donors (Lipinski definition) is 1. The van der Waals surface area contributed by atoms with E-state index in [1.165, 1.54) is 5.56 Å². The van der Waals surface area contributed by atoms with Gasteiger partial charge >= 0.3 is 0 Å². The quantitative estimate of drug-likeness (QED) is 0.741. The van der Waals surface area contributed by atoms with Crippen LogP contribution in [0, 0.1) is 13.8 Å². The highest BCUT2D eigenvalue weighted by Gasteiger charge is 2.41. The van der Waals surface area contributed by atoms with Gasteiger partial charge in [0.05, 0.1) is 23.4 Å². The molecule has 3 rings (SSSR count). The Balaban J connectivity index is 1.79. The number of nitrogens with zero attached hydrogens (tertiary/aromatic N) is 1. The summed E-state index contributed by atoms with van der Waals surface area (Å²) in [4.78, 5) is 17.8. The Morgan fingerprint density at radius 3 is 2.46 bits per heavy atom. The van der Waals surface area contributed by atoms with Gasteiger partial charge in [0.15, 0.2) is 0 Å². The first-order valence-corrected chi connectivity index (χ1v) is 9.61. The first-order valence-electron chi connectivity index (χ1n) is 9.61. The molecule has 150 valence electrons. The number of methoxy groups -OCH3 is 1. The third-order valence-electron chi connectivity index (χ3n) is 5.23. The molecular formula is C22H28N2O4. The summed E-state index contributed by atoms with van der Waals surface area (Å²) in [6.45, 7) is 5.99. The summed E-state index contributed by atoms with van der Waals surface area (Å²) in [7, 11) is 1.63. The monoisotopic (exact) mass is 384 g/mol. The molecule has 0 unspecified atom stereocenters. The standard InChI is InChI=1S/C22H28N2O4/c1-16-4-6-18(7-5-16)22(10-12-27-13-11-22)21(25)24-19-8-9-20(23-17(19)2)28-15-14-26-3/h4-9H,10-15H2,1-3H3,(H,24,25). The van der Waals surface area contributed by atoms with Crippen molar-refractivity contribution in [1.29, 1.82) is 0 Å². The minimum atomic E-state index is -0.591. The number of ether oxygens (including phenoxy) is 3. The second-order valence-electron chi connectivity index (χ2n) is 7.14. The van der Waals surface area contributed by atoms with E-state index in [9.17, 15) is 4.79 Å². The van der Waals surface area contributed by atoms with Crippen molar-refractivity contribution in [1.82, 2.24) is 4.98 Å². The first kappa shape index (κ1) is 20.3. The van der Waals surface area contributed by atoms with Gasteiger partial charge < -0.3 is 19.5 Å². The topological polar surface area (TPSA) is 69.7 Å². The van der Waals surface area contributed by atoms with E-state index in [0.717, 1.165) is 11.3 Å². The van der Waals surface area contributed by atoms with Gasteiger partial charge in [0.1, 0.15) is 6.61 Å². The molecule has 1 saturated heterocycles. The maximum absolute atomic E-state index is 13.4. The zero-order valence-electron chi connectivity index (χ0n) is 16.8. The van der Waals surface area contributed by atoms with Gasteiger partial charge in [-0.15, -0.1) is 0 Å². The van der Waals surface area contributed by atoms with E-state index in [-0.39, 0.29) is 5.91 Å². The summed E-state index contributed by atoms with van der Waals surface area (Å²) in [6, 6.07) is 11.8.